The topological polar surface area (TPSA) is 110 Å². The highest BCUT2D eigenvalue weighted by Gasteiger charge is 2.48. The van der Waals surface area contributed by atoms with Crippen LogP contribution in [0.5, 0.6) is 0 Å². The van der Waals surface area contributed by atoms with Crippen LogP contribution in [-0.4, -0.2) is 77.6 Å². The standard InChI is InChI=1S/C18H22ClN5O3S/c1-10-14(20)18(9-27-10)3-6-24(7-4-18)15-17(26)23-12(8-22-15)28-11-2-5-21-16(25)13(11)19/h2,5,8,10,13-15H,3-4,6-7,9,20H2,1H3/t10-,13?,14+,15?/m0/s1. The Labute approximate surface area is 172 Å². The second-order valence-corrected chi connectivity index (χ2v) is 9.06. The molecule has 0 bridgehead atoms. The van der Waals surface area contributed by atoms with E-state index in [2.05, 4.69) is 15.0 Å². The molecular formula is C18H22ClN5O3S. The SMILES string of the molecule is C[C@@H]1OCC2(CCN(C3N=CC(SC4=CC=NC(=O)C4Cl)=NC3=O)CC2)[C@@H]1N. The fourth-order valence-corrected chi connectivity index (χ4v) is 5.13. The molecule has 8 nitrogen and oxygen atoms in total. The van der Waals surface area contributed by atoms with Crippen LogP contribution in [0.1, 0.15) is 19.8 Å². The summed E-state index contributed by atoms with van der Waals surface area (Å²) in [7, 11) is 0. The van der Waals surface area contributed by atoms with Crippen LogP contribution in [0.15, 0.2) is 26.0 Å². The van der Waals surface area contributed by atoms with Crippen molar-refractivity contribution in [2.75, 3.05) is 19.7 Å². The number of hydrogen-bond donors (Lipinski definition) is 1. The van der Waals surface area contributed by atoms with Gasteiger partial charge in [0.1, 0.15) is 10.4 Å². The molecular weight excluding hydrogens is 402 g/mol. The van der Waals surface area contributed by atoms with Crippen LogP contribution in [0.2, 0.25) is 0 Å². The highest BCUT2D eigenvalue weighted by Crippen LogP contribution is 2.41. The Morgan fingerprint density at radius 3 is 2.71 bits per heavy atom. The zero-order valence-corrected chi connectivity index (χ0v) is 17.0. The van der Waals surface area contributed by atoms with Crippen molar-refractivity contribution in [1.82, 2.24) is 4.90 Å². The van der Waals surface area contributed by atoms with Gasteiger partial charge in [0.25, 0.3) is 11.8 Å². The number of ether oxygens (including phenoxy) is 1. The summed E-state index contributed by atoms with van der Waals surface area (Å²) in [5.41, 5.74) is 6.35. The number of rotatable bonds is 2. The Bertz CT molecular complexity index is 803. The molecule has 4 heterocycles. The van der Waals surface area contributed by atoms with Gasteiger partial charge in [-0.3, -0.25) is 19.5 Å². The van der Waals surface area contributed by atoms with E-state index < -0.39 is 17.5 Å². The third-order valence-electron chi connectivity index (χ3n) is 5.88. The van der Waals surface area contributed by atoms with E-state index in [9.17, 15) is 9.59 Å². The van der Waals surface area contributed by atoms with Gasteiger partial charge in [0.15, 0.2) is 6.17 Å². The molecule has 150 valence electrons. The molecule has 4 aliphatic rings. The molecule has 10 heteroatoms. The number of thioether (sulfide) groups is 1. The van der Waals surface area contributed by atoms with E-state index in [-0.39, 0.29) is 23.5 Å². The van der Waals surface area contributed by atoms with Gasteiger partial charge in [-0.05, 0) is 25.8 Å². The van der Waals surface area contributed by atoms with Crippen LogP contribution < -0.4 is 5.73 Å². The molecule has 1 spiro atoms. The van der Waals surface area contributed by atoms with Gasteiger partial charge in [-0.1, -0.05) is 11.8 Å². The molecule has 2 amide bonds. The minimum atomic E-state index is -0.850. The average molecular weight is 424 g/mol. The maximum Gasteiger partial charge on any atom is 0.286 e. The van der Waals surface area contributed by atoms with Gasteiger partial charge in [0.2, 0.25) is 0 Å². The van der Waals surface area contributed by atoms with Crippen LogP contribution in [0, 0.1) is 5.41 Å². The largest absolute Gasteiger partial charge is 0.376 e. The highest BCUT2D eigenvalue weighted by molar-refractivity contribution is 8.18. The van der Waals surface area contributed by atoms with E-state index in [0.29, 0.717) is 16.6 Å². The fraction of sp³-hybridized carbons (Fsp3) is 0.611. The summed E-state index contributed by atoms with van der Waals surface area (Å²) in [5.74, 6) is -0.723. The van der Waals surface area contributed by atoms with Gasteiger partial charge in [0.05, 0.1) is 18.9 Å². The van der Waals surface area contributed by atoms with Gasteiger partial charge in [-0.2, -0.15) is 0 Å². The van der Waals surface area contributed by atoms with Gasteiger partial charge in [-0.25, -0.2) is 9.98 Å². The summed E-state index contributed by atoms with van der Waals surface area (Å²) in [6, 6.07) is 0.0275. The van der Waals surface area contributed by atoms with Gasteiger partial charge in [0, 0.05) is 35.7 Å². The van der Waals surface area contributed by atoms with E-state index in [1.165, 1.54) is 18.0 Å². The average Bonchev–Trinajstić information content (AvgIpc) is 2.95. The van der Waals surface area contributed by atoms with E-state index in [0.717, 1.165) is 25.9 Å². The fourth-order valence-electron chi connectivity index (χ4n) is 4.04. The van der Waals surface area contributed by atoms with Crippen molar-refractivity contribution in [2.24, 2.45) is 26.1 Å². The Kier molecular flexibility index (Phi) is 5.54. The summed E-state index contributed by atoms with van der Waals surface area (Å²) in [6.07, 6.45) is 5.85. The number of alkyl halides is 1. The number of carbonyl (C=O) groups is 2. The first-order valence-corrected chi connectivity index (χ1v) is 10.5. The number of hydrogen-bond acceptors (Lipinski definition) is 7. The number of carbonyl (C=O) groups excluding carboxylic acids is 2. The second kappa shape index (κ2) is 7.79. The number of allylic oxidation sites excluding steroid dienone is 1. The van der Waals surface area contributed by atoms with Crippen molar-refractivity contribution >= 4 is 52.7 Å². The molecule has 4 atom stereocenters. The Balaban J connectivity index is 1.37. The molecule has 28 heavy (non-hydrogen) atoms. The summed E-state index contributed by atoms with van der Waals surface area (Å²) in [5, 5.41) is -0.424. The normalized spacial score (nSPS) is 35.4. The van der Waals surface area contributed by atoms with Crippen molar-refractivity contribution in [2.45, 2.75) is 43.5 Å². The second-order valence-electron chi connectivity index (χ2n) is 7.53. The summed E-state index contributed by atoms with van der Waals surface area (Å²) < 4.78 is 5.75. The van der Waals surface area contributed by atoms with Gasteiger partial charge >= 0.3 is 0 Å². The molecule has 0 aromatic carbocycles. The summed E-state index contributed by atoms with van der Waals surface area (Å²) in [4.78, 5) is 39.0. The monoisotopic (exact) mass is 423 g/mol. The molecule has 0 saturated carbocycles. The first-order chi connectivity index (χ1) is 13.4. The predicted octanol–water partition coefficient (Wildman–Crippen LogP) is 0.986. The van der Waals surface area contributed by atoms with Crippen molar-refractivity contribution in [3.05, 3.63) is 11.0 Å². The number of halogens is 1. The number of likely N-dealkylation sites (tertiary alicyclic amines) is 1. The van der Waals surface area contributed by atoms with Crippen LogP contribution in [0.4, 0.5) is 0 Å². The molecule has 4 rings (SSSR count). The first-order valence-electron chi connectivity index (χ1n) is 9.27. The highest BCUT2D eigenvalue weighted by atomic mass is 35.5. The first kappa shape index (κ1) is 19.9. The molecule has 0 aromatic rings. The van der Waals surface area contributed by atoms with Crippen LogP contribution in [-0.2, 0) is 14.3 Å². The molecule has 2 saturated heterocycles. The van der Waals surface area contributed by atoms with E-state index in [1.807, 2.05) is 11.8 Å². The lowest BCUT2D eigenvalue weighted by atomic mass is 9.73. The molecule has 0 aromatic heterocycles. The number of aliphatic imine (C=N–C) groups is 3. The molecule has 2 fully saturated rings. The van der Waals surface area contributed by atoms with Crippen LogP contribution in [0.3, 0.4) is 0 Å². The third-order valence-corrected chi connectivity index (χ3v) is 7.45. The van der Waals surface area contributed by atoms with Gasteiger partial charge < -0.3 is 10.5 Å². The number of piperidine rings is 1. The Hall–Kier alpha value is -1.39. The molecule has 2 unspecified atom stereocenters. The molecule has 0 radical (unpaired) electrons. The Morgan fingerprint density at radius 1 is 1.32 bits per heavy atom. The summed E-state index contributed by atoms with van der Waals surface area (Å²) >= 11 is 7.22. The maximum absolute atomic E-state index is 12.6. The Morgan fingerprint density at radius 2 is 2.07 bits per heavy atom. The number of dihydropyridines is 1. The quantitative estimate of drug-likeness (QED) is 0.663. The molecule has 2 N–H and O–H groups in total. The number of nitrogens with zero attached hydrogens (tertiary/aromatic N) is 4. The van der Waals surface area contributed by atoms with Crippen molar-refractivity contribution in [3.8, 4) is 0 Å². The van der Waals surface area contributed by atoms with Crippen molar-refractivity contribution in [1.29, 1.82) is 0 Å². The smallest absolute Gasteiger partial charge is 0.286 e. The minimum Gasteiger partial charge on any atom is -0.376 e. The van der Waals surface area contributed by atoms with Crippen LogP contribution >= 0.6 is 23.4 Å². The van der Waals surface area contributed by atoms with Gasteiger partial charge in [-0.15, -0.1) is 11.6 Å². The van der Waals surface area contributed by atoms with Crippen molar-refractivity contribution < 1.29 is 14.3 Å². The minimum absolute atomic E-state index is 0.00145. The summed E-state index contributed by atoms with van der Waals surface area (Å²) in [6.45, 7) is 4.16. The van der Waals surface area contributed by atoms with E-state index in [1.54, 1.807) is 12.3 Å². The number of amides is 2. The molecule has 4 aliphatic heterocycles. The lowest BCUT2D eigenvalue weighted by molar-refractivity contribution is -0.123. The zero-order chi connectivity index (χ0) is 19.9. The predicted molar refractivity (Wildman–Crippen MR) is 110 cm³/mol. The van der Waals surface area contributed by atoms with Crippen molar-refractivity contribution in [3.63, 3.8) is 0 Å². The zero-order valence-electron chi connectivity index (χ0n) is 15.5. The van der Waals surface area contributed by atoms with Crippen LogP contribution in [0.25, 0.3) is 0 Å². The number of nitrogens with two attached hydrogens (primary N) is 1. The van der Waals surface area contributed by atoms with E-state index in [4.69, 9.17) is 22.1 Å². The lowest BCUT2D eigenvalue weighted by Crippen LogP contribution is -2.53. The third kappa shape index (κ3) is 3.61. The lowest BCUT2D eigenvalue weighted by Gasteiger charge is -2.42. The maximum atomic E-state index is 12.6. The molecule has 0 aliphatic carbocycles. The van der Waals surface area contributed by atoms with E-state index >= 15 is 0 Å².